The third-order valence-corrected chi connectivity index (χ3v) is 5.94. The standard InChI is InChI=1S/C24H27N7O8/c1-11(32)20-24(37)29-18-8-12(21(26)34)2-3-13(18)10-27-16-5-4-14(31(38)39)9-15(16)22(35)28-17(23(36)30-20)6-7-19(25)33/h2-5,8-9,11,17,20,27,32H,6-7,10H2,1H3,(H2,25,33)(H2,26,34)(H,28,35)(H,29,37)(H,30,36)/t11-,17+,20+/m1/s1. The summed E-state index contributed by atoms with van der Waals surface area (Å²) in [5, 5.41) is 31.9. The molecule has 5 amide bonds. The van der Waals surface area contributed by atoms with Gasteiger partial charge in [-0.1, -0.05) is 6.07 Å². The van der Waals surface area contributed by atoms with Crippen molar-refractivity contribution in [1.82, 2.24) is 10.6 Å². The lowest BCUT2D eigenvalue weighted by molar-refractivity contribution is -0.384. The minimum absolute atomic E-state index is 0.0243. The first-order valence-electron chi connectivity index (χ1n) is 11.7. The van der Waals surface area contributed by atoms with Crippen LogP contribution in [0.3, 0.4) is 0 Å². The van der Waals surface area contributed by atoms with Crippen molar-refractivity contribution >= 4 is 46.6 Å². The molecule has 0 aromatic heterocycles. The number of aliphatic hydroxyl groups excluding tert-OH is 1. The number of nitrogens with two attached hydrogens (primary N) is 2. The number of nitro benzene ring substituents is 1. The molecule has 3 atom stereocenters. The lowest BCUT2D eigenvalue weighted by Crippen LogP contribution is -2.56. The molecule has 15 heteroatoms. The zero-order valence-corrected chi connectivity index (χ0v) is 20.7. The Morgan fingerprint density at radius 1 is 1.08 bits per heavy atom. The number of aliphatic hydroxyl groups is 1. The van der Waals surface area contributed by atoms with Gasteiger partial charge in [-0.05, 0) is 37.1 Å². The summed E-state index contributed by atoms with van der Waals surface area (Å²) in [6.07, 6.45) is -1.98. The zero-order valence-electron chi connectivity index (χ0n) is 20.7. The molecule has 0 saturated carbocycles. The van der Waals surface area contributed by atoms with Gasteiger partial charge < -0.3 is 37.8 Å². The zero-order chi connectivity index (χ0) is 28.9. The van der Waals surface area contributed by atoms with Gasteiger partial charge in [0.25, 0.3) is 11.6 Å². The molecule has 0 fully saturated rings. The number of nitro groups is 1. The highest BCUT2D eigenvalue weighted by molar-refractivity contribution is 6.04. The maximum Gasteiger partial charge on any atom is 0.270 e. The van der Waals surface area contributed by atoms with Crippen molar-refractivity contribution < 1.29 is 34.0 Å². The summed E-state index contributed by atoms with van der Waals surface area (Å²) < 4.78 is 0. The quantitative estimate of drug-likeness (QED) is 0.183. The van der Waals surface area contributed by atoms with Crippen LogP contribution in [0.5, 0.6) is 0 Å². The monoisotopic (exact) mass is 541 g/mol. The van der Waals surface area contributed by atoms with E-state index in [1.165, 1.54) is 37.3 Å². The fraction of sp³-hybridized carbons (Fsp3) is 0.292. The van der Waals surface area contributed by atoms with Crippen molar-refractivity contribution in [1.29, 1.82) is 0 Å². The van der Waals surface area contributed by atoms with E-state index >= 15 is 0 Å². The van der Waals surface area contributed by atoms with E-state index in [-0.39, 0.29) is 41.9 Å². The topological polar surface area (TPSA) is 249 Å². The highest BCUT2D eigenvalue weighted by atomic mass is 16.6. The van der Waals surface area contributed by atoms with Gasteiger partial charge in [-0.2, -0.15) is 0 Å². The van der Waals surface area contributed by atoms with Crippen molar-refractivity contribution in [2.75, 3.05) is 10.6 Å². The van der Waals surface area contributed by atoms with Crippen LogP contribution in [0, 0.1) is 10.1 Å². The molecule has 9 N–H and O–H groups in total. The van der Waals surface area contributed by atoms with Gasteiger partial charge >= 0.3 is 0 Å². The van der Waals surface area contributed by atoms with E-state index < -0.39 is 58.3 Å². The van der Waals surface area contributed by atoms with Crippen molar-refractivity contribution in [2.24, 2.45) is 11.5 Å². The molecule has 2 aromatic carbocycles. The summed E-state index contributed by atoms with van der Waals surface area (Å²) in [7, 11) is 0. The first-order chi connectivity index (χ1) is 18.4. The number of hydrogen-bond acceptors (Lipinski definition) is 9. The molecule has 0 saturated heterocycles. The second-order valence-electron chi connectivity index (χ2n) is 8.82. The predicted octanol–water partition coefficient (Wildman–Crippen LogP) is -0.513. The molecule has 2 aromatic rings. The lowest BCUT2D eigenvalue weighted by atomic mass is 10.0. The molecule has 3 rings (SSSR count). The molecule has 0 radical (unpaired) electrons. The molecule has 39 heavy (non-hydrogen) atoms. The summed E-state index contributed by atoms with van der Waals surface area (Å²) in [5.41, 5.74) is 10.8. The van der Waals surface area contributed by atoms with E-state index in [0.717, 1.165) is 6.07 Å². The Kier molecular flexibility index (Phi) is 8.77. The molecule has 1 aliphatic rings. The number of non-ortho nitro benzene ring substituents is 1. The van der Waals surface area contributed by atoms with E-state index in [1.807, 2.05) is 0 Å². The Morgan fingerprint density at radius 2 is 1.79 bits per heavy atom. The summed E-state index contributed by atoms with van der Waals surface area (Å²) >= 11 is 0. The van der Waals surface area contributed by atoms with Crippen LogP contribution in [0.15, 0.2) is 36.4 Å². The second kappa shape index (κ2) is 12.0. The maximum absolute atomic E-state index is 13.2. The van der Waals surface area contributed by atoms with Crippen LogP contribution < -0.4 is 32.7 Å². The Labute approximate surface area is 221 Å². The minimum atomic E-state index is -1.51. The minimum Gasteiger partial charge on any atom is -0.391 e. The lowest BCUT2D eigenvalue weighted by Gasteiger charge is -2.26. The SMILES string of the molecule is C[C@@H](O)[C@@H]1NC(=O)[C@H](CCC(N)=O)NC(=O)c2cc([N+](=O)[O-])ccc2NCc2ccc(C(N)=O)cc2NC1=O. The molecule has 1 heterocycles. The van der Waals surface area contributed by atoms with Gasteiger partial charge in [-0.15, -0.1) is 0 Å². The van der Waals surface area contributed by atoms with E-state index in [2.05, 4.69) is 21.3 Å². The van der Waals surface area contributed by atoms with Gasteiger partial charge in [0.05, 0.1) is 16.6 Å². The number of carbonyl (C=O) groups excluding carboxylic acids is 5. The van der Waals surface area contributed by atoms with Crippen LogP contribution in [0.25, 0.3) is 0 Å². The van der Waals surface area contributed by atoms with Crippen molar-refractivity contribution in [2.45, 2.75) is 44.5 Å². The number of nitrogens with zero attached hydrogens (tertiary/aromatic N) is 1. The van der Waals surface area contributed by atoms with Gasteiger partial charge in [-0.25, -0.2) is 0 Å². The number of amides is 5. The number of carbonyl (C=O) groups is 5. The molecule has 0 bridgehead atoms. The second-order valence-corrected chi connectivity index (χ2v) is 8.82. The molecule has 0 aliphatic carbocycles. The average molecular weight is 542 g/mol. The number of rotatable bonds is 6. The predicted molar refractivity (Wildman–Crippen MR) is 137 cm³/mol. The fourth-order valence-corrected chi connectivity index (χ4v) is 3.84. The smallest absolute Gasteiger partial charge is 0.270 e. The number of hydrogen-bond donors (Lipinski definition) is 7. The summed E-state index contributed by atoms with van der Waals surface area (Å²) in [6.45, 7) is 1.23. The number of anilines is 2. The van der Waals surface area contributed by atoms with E-state index in [0.29, 0.717) is 5.56 Å². The van der Waals surface area contributed by atoms with Gasteiger partial charge in [0.15, 0.2) is 0 Å². The Hall–Kier alpha value is -5.05. The van der Waals surface area contributed by atoms with Crippen LogP contribution in [0.4, 0.5) is 17.1 Å². The highest BCUT2D eigenvalue weighted by Gasteiger charge is 2.31. The average Bonchev–Trinajstić information content (AvgIpc) is 2.87. The summed E-state index contributed by atoms with van der Waals surface area (Å²) in [4.78, 5) is 73.3. The van der Waals surface area contributed by atoms with Crippen LogP contribution in [0.1, 0.15) is 46.0 Å². The van der Waals surface area contributed by atoms with Crippen molar-refractivity contribution in [3.05, 3.63) is 63.2 Å². The maximum atomic E-state index is 13.2. The Morgan fingerprint density at radius 3 is 2.41 bits per heavy atom. The van der Waals surface area contributed by atoms with Crippen LogP contribution in [-0.2, 0) is 20.9 Å². The molecule has 0 spiro atoms. The Bertz CT molecular complexity index is 1340. The van der Waals surface area contributed by atoms with Gasteiger partial charge in [0.1, 0.15) is 12.1 Å². The number of benzene rings is 2. The molecular formula is C24H27N7O8. The van der Waals surface area contributed by atoms with E-state index in [4.69, 9.17) is 11.5 Å². The van der Waals surface area contributed by atoms with Gasteiger partial charge in [0.2, 0.25) is 23.6 Å². The fourth-order valence-electron chi connectivity index (χ4n) is 3.84. The Balaban J connectivity index is 2.14. The number of nitrogens with one attached hydrogen (secondary N) is 4. The van der Waals surface area contributed by atoms with Gasteiger partial charge in [0, 0.05) is 42.0 Å². The van der Waals surface area contributed by atoms with Crippen LogP contribution in [-0.4, -0.2) is 57.8 Å². The van der Waals surface area contributed by atoms with E-state index in [1.54, 1.807) is 0 Å². The third-order valence-electron chi connectivity index (χ3n) is 5.94. The molecule has 206 valence electrons. The first-order valence-corrected chi connectivity index (χ1v) is 11.7. The van der Waals surface area contributed by atoms with Crippen molar-refractivity contribution in [3.8, 4) is 0 Å². The number of primary amides is 2. The number of fused-ring (bicyclic) bond motifs is 2. The van der Waals surface area contributed by atoms with Crippen molar-refractivity contribution in [3.63, 3.8) is 0 Å². The highest BCUT2D eigenvalue weighted by Crippen LogP contribution is 2.26. The molecule has 15 nitrogen and oxygen atoms in total. The molecule has 1 aliphatic heterocycles. The normalized spacial score (nSPS) is 18.6. The van der Waals surface area contributed by atoms with Crippen LogP contribution >= 0.6 is 0 Å². The summed E-state index contributed by atoms with van der Waals surface area (Å²) in [5.74, 6) is -4.18. The molecular weight excluding hydrogens is 514 g/mol. The molecule has 0 unspecified atom stereocenters. The van der Waals surface area contributed by atoms with E-state index in [9.17, 15) is 39.2 Å². The summed E-state index contributed by atoms with van der Waals surface area (Å²) in [6, 6.07) is 4.80. The third kappa shape index (κ3) is 7.04. The first kappa shape index (κ1) is 28.5. The van der Waals surface area contributed by atoms with Gasteiger partial charge in [-0.3, -0.25) is 34.1 Å². The largest absolute Gasteiger partial charge is 0.391 e. The van der Waals surface area contributed by atoms with Crippen LogP contribution in [0.2, 0.25) is 0 Å².